The molecule has 0 saturated heterocycles. The minimum absolute atomic E-state index is 0.0244. The Balaban J connectivity index is 2.62. The van der Waals surface area contributed by atoms with Gasteiger partial charge in [0.1, 0.15) is 0 Å². The number of sulfone groups is 1. The second kappa shape index (κ2) is 5.69. The highest BCUT2D eigenvalue weighted by molar-refractivity contribution is 7.91. The van der Waals surface area contributed by atoms with Crippen LogP contribution in [0.5, 0.6) is 5.95 Å². The number of rotatable bonds is 5. The highest BCUT2D eigenvalue weighted by atomic mass is 32.2. The zero-order valence-electron chi connectivity index (χ0n) is 12.7. The summed E-state index contributed by atoms with van der Waals surface area (Å²) in [5.74, 6) is 0.268. The van der Waals surface area contributed by atoms with Crippen molar-refractivity contribution >= 4 is 23.1 Å². The molecule has 0 amide bonds. The summed E-state index contributed by atoms with van der Waals surface area (Å²) in [4.78, 5) is 0.238. The first kappa shape index (κ1) is 15.8. The highest BCUT2D eigenvalue weighted by Crippen LogP contribution is 2.27. The molecule has 0 radical (unpaired) electrons. The Morgan fingerprint density at radius 1 is 1.14 bits per heavy atom. The van der Waals surface area contributed by atoms with Crippen molar-refractivity contribution in [3.63, 3.8) is 0 Å². The van der Waals surface area contributed by atoms with Crippen molar-refractivity contribution in [2.75, 3.05) is 6.61 Å². The van der Waals surface area contributed by atoms with E-state index in [1.54, 1.807) is 36.4 Å². The van der Waals surface area contributed by atoms with Gasteiger partial charge in [-0.25, -0.2) is 8.42 Å². The predicted molar refractivity (Wildman–Crippen MR) is 84.8 cm³/mol. The third-order valence-corrected chi connectivity index (χ3v) is 6.92. The van der Waals surface area contributed by atoms with Gasteiger partial charge in [-0.1, -0.05) is 37.8 Å². The van der Waals surface area contributed by atoms with E-state index >= 15 is 0 Å². The Morgan fingerprint density at radius 2 is 1.76 bits per heavy atom. The van der Waals surface area contributed by atoms with Gasteiger partial charge in [0.2, 0.25) is 14.9 Å². The molecule has 6 heteroatoms. The molecule has 0 aliphatic carbocycles. The van der Waals surface area contributed by atoms with Crippen LogP contribution in [-0.2, 0) is 9.84 Å². The molecule has 21 heavy (non-hydrogen) atoms. The van der Waals surface area contributed by atoms with E-state index in [-0.39, 0.29) is 15.9 Å². The largest absolute Gasteiger partial charge is 0.465 e. The summed E-state index contributed by atoms with van der Waals surface area (Å²) >= 11 is 0. The Kier molecular flexibility index (Phi) is 4.29. The lowest BCUT2D eigenvalue weighted by molar-refractivity contribution is 0.237. The molecule has 0 N–H and O–H groups in total. The van der Waals surface area contributed by atoms with Crippen molar-refractivity contribution in [2.24, 2.45) is 0 Å². The van der Waals surface area contributed by atoms with Gasteiger partial charge in [0.25, 0.3) is 5.95 Å². The van der Waals surface area contributed by atoms with E-state index in [0.29, 0.717) is 6.61 Å². The van der Waals surface area contributed by atoms with Gasteiger partial charge >= 0.3 is 0 Å². The van der Waals surface area contributed by atoms with Crippen LogP contribution in [0.3, 0.4) is 0 Å². The molecule has 0 unspecified atom stereocenters. The molecule has 0 spiro atoms. The molecule has 1 aromatic carbocycles. The zero-order chi connectivity index (χ0) is 15.7. The molecular weight excluding hydrogens is 304 g/mol. The van der Waals surface area contributed by atoms with E-state index in [1.165, 1.54) is 0 Å². The Hall–Kier alpha value is -1.53. The summed E-state index contributed by atoms with van der Waals surface area (Å²) < 4.78 is 36.5. The van der Waals surface area contributed by atoms with Crippen LogP contribution in [0.2, 0.25) is 19.6 Å². The summed E-state index contributed by atoms with van der Waals surface area (Å²) in [5.41, 5.74) is 0. The Morgan fingerprint density at radius 3 is 2.29 bits per heavy atom. The first-order chi connectivity index (χ1) is 9.76. The number of ether oxygens (including phenoxy) is 1. The van der Waals surface area contributed by atoms with Gasteiger partial charge in [0.05, 0.1) is 19.6 Å². The number of benzene rings is 1. The molecule has 0 atom stereocenters. The molecule has 0 fully saturated rings. The predicted octanol–water partition coefficient (Wildman–Crippen LogP) is 3.06. The summed E-state index contributed by atoms with van der Waals surface area (Å²) in [6, 6.07) is 10.1. The fourth-order valence-corrected chi connectivity index (χ4v) is 5.80. The molecule has 0 aliphatic heterocycles. The lowest BCUT2D eigenvalue weighted by atomic mass is 10.4. The average Bonchev–Trinajstić information content (AvgIpc) is 2.85. The van der Waals surface area contributed by atoms with E-state index in [4.69, 9.17) is 9.15 Å². The van der Waals surface area contributed by atoms with Crippen LogP contribution < -0.4 is 9.92 Å². The van der Waals surface area contributed by atoms with E-state index in [0.717, 1.165) is 5.19 Å². The van der Waals surface area contributed by atoms with Crippen molar-refractivity contribution < 1.29 is 17.6 Å². The lowest BCUT2D eigenvalue weighted by Gasteiger charge is -2.15. The fraction of sp³-hybridized carbons (Fsp3) is 0.333. The molecule has 0 bridgehead atoms. The van der Waals surface area contributed by atoms with Crippen LogP contribution in [0.1, 0.15) is 6.92 Å². The van der Waals surface area contributed by atoms with Crippen LogP contribution in [0.4, 0.5) is 0 Å². The monoisotopic (exact) mass is 324 g/mol. The van der Waals surface area contributed by atoms with Gasteiger partial charge in [-0.15, -0.1) is 0 Å². The van der Waals surface area contributed by atoms with Gasteiger partial charge in [-0.05, 0) is 19.1 Å². The van der Waals surface area contributed by atoms with Gasteiger partial charge in [-0.3, -0.25) is 0 Å². The van der Waals surface area contributed by atoms with Crippen LogP contribution in [0.25, 0.3) is 0 Å². The van der Waals surface area contributed by atoms with Crippen molar-refractivity contribution in [2.45, 2.75) is 36.6 Å². The lowest BCUT2D eigenvalue weighted by Crippen LogP contribution is -2.39. The van der Waals surface area contributed by atoms with Crippen molar-refractivity contribution in [1.82, 2.24) is 0 Å². The van der Waals surface area contributed by atoms with Crippen LogP contribution in [0.15, 0.2) is 50.8 Å². The molecule has 1 heterocycles. The number of furan rings is 1. The normalized spacial score (nSPS) is 12.4. The maximum absolute atomic E-state index is 12.8. The molecule has 4 nitrogen and oxygen atoms in total. The summed E-state index contributed by atoms with van der Waals surface area (Å²) in [5, 5.41) is 0.783. The fourth-order valence-electron chi connectivity index (χ4n) is 1.99. The SMILES string of the molecule is CCOc1cc([Si](C)(C)C)c(S(=O)(=O)c2ccccc2)o1. The highest BCUT2D eigenvalue weighted by Gasteiger charge is 2.33. The van der Waals surface area contributed by atoms with Crippen molar-refractivity contribution in [3.8, 4) is 5.95 Å². The summed E-state index contributed by atoms with van der Waals surface area (Å²) in [6.07, 6.45) is 0. The smallest absolute Gasteiger partial charge is 0.285 e. The van der Waals surface area contributed by atoms with Gasteiger partial charge in [0.15, 0.2) is 0 Å². The standard InChI is InChI=1S/C15H20O4SSi/c1-5-18-14-11-13(21(2,3)4)15(19-14)20(16,17)12-9-7-6-8-10-12/h6-11H,5H2,1-4H3. The third kappa shape index (κ3) is 3.21. The van der Waals surface area contributed by atoms with Gasteiger partial charge in [0, 0.05) is 11.3 Å². The second-order valence-corrected chi connectivity index (χ2v) is 12.7. The van der Waals surface area contributed by atoms with Crippen LogP contribution in [0, 0.1) is 0 Å². The van der Waals surface area contributed by atoms with Crippen molar-refractivity contribution in [1.29, 1.82) is 0 Å². The Bertz CT molecular complexity index is 712. The molecule has 2 aromatic rings. The van der Waals surface area contributed by atoms with E-state index < -0.39 is 17.9 Å². The summed E-state index contributed by atoms with van der Waals surface area (Å²) in [6.45, 7) is 8.51. The van der Waals surface area contributed by atoms with E-state index in [9.17, 15) is 8.42 Å². The van der Waals surface area contributed by atoms with Gasteiger partial charge < -0.3 is 9.15 Å². The minimum Gasteiger partial charge on any atom is -0.465 e. The first-order valence-corrected chi connectivity index (χ1v) is 11.8. The van der Waals surface area contributed by atoms with E-state index in [1.807, 2.05) is 6.92 Å². The molecular formula is C15H20O4SSi. The van der Waals surface area contributed by atoms with Crippen molar-refractivity contribution in [3.05, 3.63) is 36.4 Å². The number of hydrogen-bond acceptors (Lipinski definition) is 4. The van der Waals surface area contributed by atoms with E-state index in [2.05, 4.69) is 19.6 Å². The maximum atomic E-state index is 12.8. The summed E-state index contributed by atoms with van der Waals surface area (Å²) in [7, 11) is -5.54. The third-order valence-electron chi connectivity index (χ3n) is 3.07. The maximum Gasteiger partial charge on any atom is 0.285 e. The Labute approximate surface area is 126 Å². The van der Waals surface area contributed by atoms with Gasteiger partial charge in [-0.2, -0.15) is 0 Å². The first-order valence-electron chi connectivity index (χ1n) is 6.84. The molecule has 2 rings (SSSR count). The second-order valence-electron chi connectivity index (χ2n) is 5.77. The zero-order valence-corrected chi connectivity index (χ0v) is 14.5. The topological polar surface area (TPSA) is 56.5 Å². The number of hydrogen-bond donors (Lipinski definition) is 0. The van der Waals surface area contributed by atoms with Crippen LogP contribution in [-0.4, -0.2) is 23.1 Å². The average molecular weight is 324 g/mol. The quantitative estimate of drug-likeness (QED) is 0.793. The molecule has 114 valence electrons. The molecule has 0 aliphatic rings. The van der Waals surface area contributed by atoms with Crippen LogP contribution >= 0.6 is 0 Å². The molecule has 1 aromatic heterocycles. The molecule has 0 saturated carbocycles. The minimum atomic E-state index is -3.66.